The van der Waals surface area contributed by atoms with Gasteiger partial charge >= 0.3 is 0 Å². The van der Waals surface area contributed by atoms with E-state index >= 15 is 0 Å². The van der Waals surface area contributed by atoms with Gasteiger partial charge in [-0.15, -0.1) is 0 Å². The van der Waals surface area contributed by atoms with E-state index in [0.717, 1.165) is 25.7 Å². The topological polar surface area (TPSA) is 70.6 Å². The minimum Gasteiger partial charge on any atom is -0.489 e. The molecule has 0 aromatic heterocycles. The van der Waals surface area contributed by atoms with Gasteiger partial charge in [-0.05, 0) is 54.0 Å². The van der Waals surface area contributed by atoms with Crippen LogP contribution in [0.15, 0.2) is 55.1 Å². The van der Waals surface area contributed by atoms with Crippen molar-refractivity contribution < 1.29 is 19.0 Å². The van der Waals surface area contributed by atoms with Crippen LogP contribution in [-0.2, 0) is 16.8 Å². The molecule has 1 aliphatic carbocycles. The van der Waals surface area contributed by atoms with Gasteiger partial charge in [-0.25, -0.2) is 4.39 Å². The highest BCUT2D eigenvalue weighted by molar-refractivity contribution is 5.73. The summed E-state index contributed by atoms with van der Waals surface area (Å²) in [5.41, 5.74) is 2.99. The normalized spacial score (nSPS) is 16.8. The van der Waals surface area contributed by atoms with E-state index in [-0.39, 0.29) is 24.5 Å². The number of hydrogen-bond donors (Lipinski definition) is 3. The number of carbonyl (C=O) groups excluding carboxylic acids is 1. The smallest absolute Gasteiger partial charge is 0.217 e. The van der Waals surface area contributed by atoms with Crippen LogP contribution in [0.4, 0.5) is 4.39 Å². The minimum atomic E-state index is -0.859. The van der Waals surface area contributed by atoms with Crippen LogP contribution in [0.2, 0.25) is 0 Å². The van der Waals surface area contributed by atoms with E-state index in [4.69, 9.17) is 4.74 Å². The summed E-state index contributed by atoms with van der Waals surface area (Å²) in [7, 11) is 0. The summed E-state index contributed by atoms with van der Waals surface area (Å²) in [4.78, 5) is 12.0. The van der Waals surface area contributed by atoms with Crippen molar-refractivity contribution in [2.24, 2.45) is 0 Å². The van der Waals surface area contributed by atoms with Gasteiger partial charge in [0, 0.05) is 25.1 Å². The minimum absolute atomic E-state index is 0.213. The fourth-order valence-corrected chi connectivity index (χ4v) is 5.14. The molecule has 0 heterocycles. The SMILES string of the molecule is C=CCOc1cc(F)cc(CC(NC(C)=O)C(O)CNC2(c3cccc(C(C)C)c3)CCCCC2)c1. The zero-order valence-electron chi connectivity index (χ0n) is 21.9. The van der Waals surface area contributed by atoms with Crippen molar-refractivity contribution in [2.75, 3.05) is 13.2 Å². The number of benzene rings is 2. The molecule has 196 valence electrons. The van der Waals surface area contributed by atoms with Gasteiger partial charge in [0.05, 0.1) is 12.1 Å². The van der Waals surface area contributed by atoms with Crippen molar-refractivity contribution in [2.45, 2.75) is 82.9 Å². The predicted octanol–water partition coefficient (Wildman–Crippen LogP) is 5.37. The summed E-state index contributed by atoms with van der Waals surface area (Å²) < 4.78 is 19.7. The maximum absolute atomic E-state index is 14.2. The number of carbonyl (C=O) groups is 1. The lowest BCUT2D eigenvalue weighted by molar-refractivity contribution is -0.120. The monoisotopic (exact) mass is 496 g/mol. The third kappa shape index (κ3) is 7.65. The average molecular weight is 497 g/mol. The van der Waals surface area contributed by atoms with Gasteiger partial charge in [0.15, 0.2) is 0 Å². The Kier molecular flexibility index (Phi) is 10.1. The molecule has 5 nitrogen and oxygen atoms in total. The largest absolute Gasteiger partial charge is 0.489 e. The van der Waals surface area contributed by atoms with E-state index in [1.165, 1.54) is 36.6 Å². The first kappa shape index (κ1) is 27.9. The lowest BCUT2D eigenvalue weighted by Gasteiger charge is -2.40. The van der Waals surface area contributed by atoms with Crippen LogP contribution in [0, 0.1) is 5.82 Å². The van der Waals surface area contributed by atoms with Crippen LogP contribution in [0.5, 0.6) is 5.75 Å². The molecule has 1 amide bonds. The first-order valence-electron chi connectivity index (χ1n) is 13.1. The molecule has 0 spiro atoms. The third-order valence-electron chi connectivity index (χ3n) is 7.07. The van der Waals surface area contributed by atoms with Gasteiger partial charge in [0.1, 0.15) is 18.2 Å². The summed E-state index contributed by atoms with van der Waals surface area (Å²) in [5, 5.41) is 17.8. The highest BCUT2D eigenvalue weighted by atomic mass is 19.1. The van der Waals surface area contributed by atoms with Crippen LogP contribution in [0.25, 0.3) is 0 Å². The van der Waals surface area contributed by atoms with Crippen molar-refractivity contribution in [1.82, 2.24) is 10.6 Å². The number of rotatable bonds is 12. The van der Waals surface area contributed by atoms with Crippen LogP contribution < -0.4 is 15.4 Å². The first-order valence-corrected chi connectivity index (χ1v) is 13.1. The van der Waals surface area contributed by atoms with E-state index in [1.54, 1.807) is 12.1 Å². The Morgan fingerprint density at radius 3 is 2.61 bits per heavy atom. The molecule has 0 radical (unpaired) electrons. The second-order valence-corrected chi connectivity index (χ2v) is 10.3. The molecule has 36 heavy (non-hydrogen) atoms. The Balaban J connectivity index is 1.78. The molecule has 0 bridgehead atoms. The number of halogens is 1. The Bertz CT molecular complexity index is 1020. The van der Waals surface area contributed by atoms with Crippen molar-refractivity contribution in [3.63, 3.8) is 0 Å². The third-order valence-corrected chi connectivity index (χ3v) is 7.07. The average Bonchev–Trinajstić information content (AvgIpc) is 2.85. The second-order valence-electron chi connectivity index (χ2n) is 10.3. The lowest BCUT2D eigenvalue weighted by Crippen LogP contribution is -2.53. The van der Waals surface area contributed by atoms with E-state index < -0.39 is 18.0 Å². The quantitative estimate of drug-likeness (QED) is 0.346. The summed E-state index contributed by atoms with van der Waals surface area (Å²) in [6, 6.07) is 12.6. The van der Waals surface area contributed by atoms with Crippen molar-refractivity contribution in [3.8, 4) is 5.75 Å². The molecule has 1 saturated carbocycles. The molecule has 1 fully saturated rings. The number of aliphatic hydroxyl groups is 1. The number of amides is 1. The molecule has 6 heteroatoms. The molecule has 3 N–H and O–H groups in total. The molecular formula is C30H41FN2O3. The standard InChI is InChI=1S/C30H41FN2O3/c1-5-14-36-27-16-23(15-26(31)19-27)17-28(33-22(4)34)29(35)20-32-30(12-7-6-8-13-30)25-11-9-10-24(18-25)21(2)3/h5,9-11,15-16,18-19,21,28-29,32,35H,1,6-8,12-14,17,20H2,2-4H3,(H,33,34). The molecule has 0 aliphatic heterocycles. The summed E-state index contributed by atoms with van der Waals surface area (Å²) in [6.07, 6.45) is 6.47. The number of nitrogens with one attached hydrogen (secondary N) is 2. The van der Waals surface area contributed by atoms with Crippen molar-refractivity contribution in [1.29, 1.82) is 0 Å². The summed E-state index contributed by atoms with van der Waals surface area (Å²) >= 11 is 0. The molecule has 1 aliphatic rings. The fourth-order valence-electron chi connectivity index (χ4n) is 5.14. The Morgan fingerprint density at radius 2 is 1.94 bits per heavy atom. The maximum atomic E-state index is 14.2. The van der Waals surface area contributed by atoms with E-state index in [1.807, 2.05) is 0 Å². The highest BCUT2D eigenvalue weighted by Gasteiger charge is 2.35. The van der Waals surface area contributed by atoms with Crippen molar-refractivity contribution >= 4 is 5.91 Å². The number of ether oxygens (including phenoxy) is 1. The summed E-state index contributed by atoms with van der Waals surface area (Å²) in [6.45, 7) is 10.0. The number of aliphatic hydroxyl groups excluding tert-OH is 1. The molecule has 3 rings (SSSR count). The van der Waals surface area contributed by atoms with E-state index in [9.17, 15) is 14.3 Å². The van der Waals surface area contributed by atoms with Gasteiger partial charge in [-0.1, -0.05) is 70.0 Å². The van der Waals surface area contributed by atoms with E-state index in [0.29, 0.717) is 23.8 Å². The molecule has 0 saturated heterocycles. The fraction of sp³-hybridized carbons (Fsp3) is 0.500. The molecule has 2 aromatic rings. The molecule has 2 aromatic carbocycles. The Morgan fingerprint density at radius 1 is 1.19 bits per heavy atom. The highest BCUT2D eigenvalue weighted by Crippen LogP contribution is 2.38. The maximum Gasteiger partial charge on any atom is 0.217 e. The predicted molar refractivity (Wildman–Crippen MR) is 143 cm³/mol. The van der Waals surface area contributed by atoms with Crippen LogP contribution in [-0.4, -0.2) is 36.3 Å². The lowest BCUT2D eigenvalue weighted by atomic mass is 9.75. The Labute approximate surface area is 215 Å². The second kappa shape index (κ2) is 13.0. The van der Waals surface area contributed by atoms with Gasteiger partial charge in [-0.2, -0.15) is 0 Å². The molecule has 2 unspecified atom stereocenters. The van der Waals surface area contributed by atoms with Gasteiger partial charge in [0.2, 0.25) is 5.91 Å². The van der Waals surface area contributed by atoms with Gasteiger partial charge in [0.25, 0.3) is 0 Å². The number of hydrogen-bond acceptors (Lipinski definition) is 4. The van der Waals surface area contributed by atoms with Crippen molar-refractivity contribution in [3.05, 3.63) is 77.6 Å². The zero-order valence-corrected chi connectivity index (χ0v) is 21.9. The molecular weight excluding hydrogens is 455 g/mol. The van der Waals surface area contributed by atoms with Crippen LogP contribution in [0.1, 0.15) is 75.5 Å². The molecule has 2 atom stereocenters. The first-order chi connectivity index (χ1) is 17.2. The zero-order chi connectivity index (χ0) is 26.1. The van der Waals surface area contributed by atoms with Gasteiger partial charge < -0.3 is 20.5 Å². The van der Waals surface area contributed by atoms with Crippen LogP contribution >= 0.6 is 0 Å². The van der Waals surface area contributed by atoms with Crippen LogP contribution in [0.3, 0.4) is 0 Å². The van der Waals surface area contributed by atoms with Gasteiger partial charge in [-0.3, -0.25) is 4.79 Å². The Hall–Kier alpha value is -2.70. The summed E-state index contributed by atoms with van der Waals surface area (Å²) in [5.74, 6) is 0.166. The van der Waals surface area contributed by atoms with E-state index in [2.05, 4.69) is 55.3 Å².